The molecular weight excluding hydrogens is 885 g/mol. The molecule has 3 aromatic rings. The first-order chi connectivity index (χ1) is 31.8. The number of anilines is 1. The zero-order valence-electron chi connectivity index (χ0n) is 37.9. The summed E-state index contributed by atoms with van der Waals surface area (Å²) in [7, 11) is 1.44. The molecule has 0 saturated heterocycles. The number of amides is 5. The second-order valence-electron chi connectivity index (χ2n) is 15.1. The number of carbonyl (C=O) groups excluding carboxylic acids is 6. The van der Waals surface area contributed by atoms with E-state index in [4.69, 9.17) is 38.7 Å². The highest BCUT2D eigenvalue weighted by molar-refractivity contribution is 7.15. The molecule has 0 radical (unpaired) electrons. The van der Waals surface area contributed by atoms with Crippen molar-refractivity contribution >= 4 is 57.5 Å². The van der Waals surface area contributed by atoms with Gasteiger partial charge in [-0.3, -0.25) is 33.2 Å². The Morgan fingerprint density at radius 1 is 0.803 bits per heavy atom. The molecule has 2 aromatic heterocycles. The first kappa shape index (κ1) is 54.5. The van der Waals surface area contributed by atoms with E-state index < -0.39 is 41.2 Å². The van der Waals surface area contributed by atoms with Gasteiger partial charge in [-0.15, -0.1) is 11.3 Å². The third kappa shape index (κ3) is 22.8. The molecule has 364 valence electrons. The van der Waals surface area contributed by atoms with Crippen LogP contribution in [0.4, 0.5) is 5.69 Å². The summed E-state index contributed by atoms with van der Waals surface area (Å²) in [5, 5.41) is 18.9. The molecule has 0 aliphatic rings. The van der Waals surface area contributed by atoms with Crippen LogP contribution in [0.15, 0.2) is 41.1 Å². The molecule has 2 heterocycles. The fraction of sp³-hybridized carbons (Fsp3) is 0.595. The van der Waals surface area contributed by atoms with Crippen molar-refractivity contribution in [1.29, 1.82) is 0 Å². The lowest BCUT2D eigenvalue weighted by Gasteiger charge is -2.21. The average molecular weight is 947 g/mol. The van der Waals surface area contributed by atoms with E-state index in [1.54, 1.807) is 43.5 Å². The summed E-state index contributed by atoms with van der Waals surface area (Å²) in [6, 6.07) is 3.76. The maximum atomic E-state index is 12.9. The minimum Gasteiger partial charge on any atom is -0.496 e. The number of methoxy groups -OCH3 is 1. The van der Waals surface area contributed by atoms with Crippen LogP contribution in [-0.2, 0) is 47.6 Å². The predicted octanol–water partition coefficient (Wildman–Crippen LogP) is 2.79. The summed E-state index contributed by atoms with van der Waals surface area (Å²) in [5.41, 5.74) is 8.50. The van der Waals surface area contributed by atoms with Gasteiger partial charge in [-0.25, -0.2) is 4.98 Å². The Balaban J connectivity index is 1.16. The molecular formula is C42H62N10O13S. The number of hydrogen-bond donors (Lipinski definition) is 5. The minimum absolute atomic E-state index is 0.0281. The summed E-state index contributed by atoms with van der Waals surface area (Å²) in [4.78, 5) is 83.1. The smallest absolute Gasteiger partial charge is 0.306 e. The van der Waals surface area contributed by atoms with E-state index in [0.29, 0.717) is 69.0 Å². The molecule has 1 aromatic carbocycles. The predicted molar refractivity (Wildman–Crippen MR) is 241 cm³/mol. The number of nitrogens with zero attached hydrogens (tertiary/aromatic N) is 5. The molecule has 66 heavy (non-hydrogen) atoms. The molecule has 1 atom stereocenters. The van der Waals surface area contributed by atoms with Crippen LogP contribution in [-0.4, -0.2) is 156 Å². The van der Waals surface area contributed by atoms with Gasteiger partial charge >= 0.3 is 5.97 Å². The largest absolute Gasteiger partial charge is 0.496 e. The van der Waals surface area contributed by atoms with Crippen molar-refractivity contribution in [3.8, 4) is 5.75 Å². The van der Waals surface area contributed by atoms with Crippen LogP contribution >= 0.6 is 11.3 Å². The number of azide groups is 1. The number of aromatic nitrogens is 2. The second-order valence-corrected chi connectivity index (χ2v) is 16.0. The van der Waals surface area contributed by atoms with E-state index in [-0.39, 0.29) is 88.9 Å². The summed E-state index contributed by atoms with van der Waals surface area (Å²) in [6.07, 6.45) is 3.96. The Bertz CT molecular complexity index is 2010. The van der Waals surface area contributed by atoms with Gasteiger partial charge < -0.3 is 59.7 Å². The van der Waals surface area contributed by atoms with Gasteiger partial charge in [-0.05, 0) is 57.3 Å². The molecule has 24 heteroatoms. The van der Waals surface area contributed by atoms with Crippen LogP contribution in [0.5, 0.6) is 5.75 Å². The number of imidazole rings is 1. The first-order valence-electron chi connectivity index (χ1n) is 21.4. The molecule has 0 saturated carbocycles. The van der Waals surface area contributed by atoms with E-state index in [0.717, 1.165) is 0 Å². The number of carbonyl (C=O) groups is 6. The molecule has 5 amide bonds. The zero-order valence-corrected chi connectivity index (χ0v) is 38.7. The van der Waals surface area contributed by atoms with Crippen LogP contribution in [0.25, 0.3) is 15.4 Å². The van der Waals surface area contributed by atoms with Gasteiger partial charge in [0.15, 0.2) is 4.96 Å². The highest BCUT2D eigenvalue weighted by atomic mass is 32.1. The fourth-order valence-electron chi connectivity index (χ4n) is 5.63. The molecule has 5 N–H and O–H groups in total. The van der Waals surface area contributed by atoms with Crippen LogP contribution in [0.2, 0.25) is 0 Å². The Morgan fingerprint density at radius 3 is 2.12 bits per heavy atom. The monoisotopic (exact) mass is 946 g/mol. The van der Waals surface area contributed by atoms with Crippen LogP contribution in [0.1, 0.15) is 73.7 Å². The molecule has 3 rings (SSSR count). The summed E-state index contributed by atoms with van der Waals surface area (Å²) >= 11 is 1.41. The van der Waals surface area contributed by atoms with Gasteiger partial charge in [0.25, 0.3) is 11.8 Å². The second kappa shape index (κ2) is 31.1. The Kier molecular flexibility index (Phi) is 25.7. The molecule has 0 unspecified atom stereocenters. The van der Waals surface area contributed by atoms with Gasteiger partial charge in [0.1, 0.15) is 23.1 Å². The zero-order chi connectivity index (χ0) is 48.0. The number of ether oxygens (including phenoxy) is 7. The summed E-state index contributed by atoms with van der Waals surface area (Å²) in [6.45, 7) is 8.70. The number of hydrogen-bond acceptors (Lipinski definition) is 16. The van der Waals surface area contributed by atoms with E-state index >= 15 is 0 Å². The minimum atomic E-state index is -0.978. The van der Waals surface area contributed by atoms with Gasteiger partial charge in [-0.1, -0.05) is 5.11 Å². The SMILES string of the molecule is COc1ccc(NC(=O)c2cn3ccsc3n2)cc1C(=O)NCCCC(=O)NCCOCCOCCOCCOCCNC(=O)[C@@H](CCC(=O)OC(C)(C)C)NC(=O)CCOCCN=[N+]=[N-]. The normalized spacial score (nSPS) is 11.6. The van der Waals surface area contributed by atoms with Crippen molar-refractivity contribution in [3.05, 3.63) is 57.7 Å². The molecule has 0 aliphatic heterocycles. The maximum Gasteiger partial charge on any atom is 0.306 e. The van der Waals surface area contributed by atoms with E-state index in [1.807, 2.05) is 11.6 Å². The number of esters is 1. The lowest BCUT2D eigenvalue weighted by molar-refractivity contribution is -0.155. The van der Waals surface area contributed by atoms with Crippen LogP contribution < -0.4 is 31.3 Å². The van der Waals surface area contributed by atoms with Crippen molar-refractivity contribution in [2.75, 3.05) is 105 Å². The molecule has 0 fully saturated rings. The molecule has 0 bridgehead atoms. The van der Waals surface area contributed by atoms with Gasteiger partial charge in [0.05, 0.1) is 78.7 Å². The number of benzene rings is 1. The third-order valence-electron chi connectivity index (χ3n) is 8.71. The Labute approximate surface area is 386 Å². The van der Waals surface area contributed by atoms with E-state index in [9.17, 15) is 28.8 Å². The van der Waals surface area contributed by atoms with Crippen molar-refractivity contribution in [2.24, 2.45) is 5.11 Å². The van der Waals surface area contributed by atoms with Crippen molar-refractivity contribution in [2.45, 2.75) is 64.5 Å². The summed E-state index contributed by atoms with van der Waals surface area (Å²) in [5.74, 6) is -2.08. The average Bonchev–Trinajstić information content (AvgIpc) is 3.90. The molecule has 0 aliphatic carbocycles. The maximum absolute atomic E-state index is 12.9. The third-order valence-corrected chi connectivity index (χ3v) is 9.48. The number of thiazole rings is 1. The highest BCUT2D eigenvalue weighted by Gasteiger charge is 2.24. The lowest BCUT2D eigenvalue weighted by atomic mass is 10.1. The summed E-state index contributed by atoms with van der Waals surface area (Å²) < 4.78 is 39.6. The molecule has 23 nitrogen and oxygen atoms in total. The topological polar surface area (TPSA) is 293 Å². The fourth-order valence-corrected chi connectivity index (χ4v) is 6.33. The standard InChI is InChI=1S/C42H62N10O13S/c1-42(2,3)65-37(55)10-8-32(49-36(54)11-17-60-20-15-47-51-43)39(57)46-14-19-62-22-24-64-26-25-63-23-21-61-18-13-44-35(53)6-5-12-45-38(56)31-28-30(7-9-34(31)59-4)48-40(58)33-29-52-16-27-66-41(52)50-33/h7,9,16,27-29,32H,5-6,8,10-15,17-26H2,1-4H3,(H,44,53)(H,45,56)(H,46,57)(H,48,58)(H,49,54)/t32-/m1/s1. The van der Waals surface area contributed by atoms with E-state index in [1.165, 1.54) is 24.5 Å². The first-order valence-corrected chi connectivity index (χ1v) is 22.3. The van der Waals surface area contributed by atoms with Gasteiger partial charge in [-0.2, -0.15) is 0 Å². The van der Waals surface area contributed by atoms with Crippen LogP contribution in [0, 0.1) is 0 Å². The number of nitrogens with one attached hydrogen (secondary N) is 5. The highest BCUT2D eigenvalue weighted by Crippen LogP contribution is 2.23. The van der Waals surface area contributed by atoms with Gasteiger partial charge in [0, 0.05) is 73.8 Å². The lowest BCUT2D eigenvalue weighted by Crippen LogP contribution is -2.48. The van der Waals surface area contributed by atoms with Crippen molar-refractivity contribution in [1.82, 2.24) is 30.7 Å². The Hall–Kier alpha value is -5.88. The quantitative estimate of drug-likeness (QED) is 0.0189. The molecule has 0 spiro atoms. The Morgan fingerprint density at radius 2 is 1.47 bits per heavy atom. The van der Waals surface area contributed by atoms with Crippen molar-refractivity contribution < 1.29 is 61.9 Å². The number of fused-ring (bicyclic) bond motifs is 1. The van der Waals surface area contributed by atoms with E-state index in [2.05, 4.69) is 41.6 Å². The van der Waals surface area contributed by atoms with Crippen LogP contribution in [0.3, 0.4) is 0 Å². The number of rotatable bonds is 34. The van der Waals surface area contributed by atoms with Crippen molar-refractivity contribution in [3.63, 3.8) is 0 Å². The van der Waals surface area contributed by atoms with Gasteiger partial charge in [0.2, 0.25) is 17.7 Å².